The summed E-state index contributed by atoms with van der Waals surface area (Å²) in [5, 5.41) is 5.10. The van der Waals surface area contributed by atoms with Gasteiger partial charge in [-0.05, 0) is 43.2 Å². The van der Waals surface area contributed by atoms with Crippen molar-refractivity contribution in [1.82, 2.24) is 24.6 Å². The van der Waals surface area contributed by atoms with Gasteiger partial charge in [-0.2, -0.15) is 5.10 Å². The van der Waals surface area contributed by atoms with E-state index < -0.39 is 0 Å². The van der Waals surface area contributed by atoms with Crippen LogP contribution in [0.5, 0.6) is 11.5 Å². The van der Waals surface area contributed by atoms with Gasteiger partial charge in [-0.25, -0.2) is 9.67 Å². The maximum atomic E-state index is 13.2. The Morgan fingerprint density at radius 2 is 2.00 bits per heavy atom. The van der Waals surface area contributed by atoms with E-state index >= 15 is 0 Å². The summed E-state index contributed by atoms with van der Waals surface area (Å²) >= 11 is 1.21. The average Bonchev–Trinajstić information content (AvgIpc) is 3.55. The number of methoxy groups -OCH3 is 2. The van der Waals surface area contributed by atoms with Crippen molar-refractivity contribution in [2.75, 3.05) is 26.5 Å². The number of fused-ring (bicyclic) bond motifs is 1. The van der Waals surface area contributed by atoms with E-state index in [1.54, 1.807) is 18.9 Å². The van der Waals surface area contributed by atoms with Crippen LogP contribution in [-0.4, -0.2) is 57.1 Å². The van der Waals surface area contributed by atoms with E-state index in [2.05, 4.69) is 15.1 Å². The monoisotopic (exact) mass is 491 g/mol. The van der Waals surface area contributed by atoms with Crippen LogP contribution in [0.25, 0.3) is 16.7 Å². The fourth-order valence-corrected chi connectivity index (χ4v) is 5.17. The number of amides is 1. The Labute approximate surface area is 206 Å². The number of carbonyl (C=O) groups is 1. The zero-order valence-electron chi connectivity index (χ0n) is 19.4. The van der Waals surface area contributed by atoms with Crippen molar-refractivity contribution in [2.45, 2.75) is 24.0 Å². The molecular formula is C25H25N5O4S. The molecule has 0 saturated carbocycles. The number of nitrogens with one attached hydrogen (secondary N) is 1. The number of aromatic amines is 1. The minimum absolute atomic E-state index is 0.0262. The smallest absolute Gasteiger partial charge is 0.262 e. The van der Waals surface area contributed by atoms with Crippen molar-refractivity contribution in [2.24, 2.45) is 0 Å². The van der Waals surface area contributed by atoms with Gasteiger partial charge in [0.25, 0.3) is 5.56 Å². The third-order valence-electron chi connectivity index (χ3n) is 6.12. The largest absolute Gasteiger partial charge is 0.497 e. The van der Waals surface area contributed by atoms with Crippen LogP contribution in [0.1, 0.15) is 24.4 Å². The van der Waals surface area contributed by atoms with Crippen molar-refractivity contribution in [3.8, 4) is 17.2 Å². The molecule has 1 unspecified atom stereocenters. The topological polar surface area (TPSA) is 102 Å². The molecule has 2 aromatic heterocycles. The number of H-pyrrole nitrogens is 1. The molecule has 180 valence electrons. The summed E-state index contributed by atoms with van der Waals surface area (Å²) in [6.45, 7) is 0.661. The van der Waals surface area contributed by atoms with Gasteiger partial charge in [-0.3, -0.25) is 9.59 Å². The third kappa shape index (κ3) is 4.49. The first-order valence-corrected chi connectivity index (χ1v) is 12.2. The number of nitrogens with zero attached hydrogens (tertiary/aromatic N) is 4. The van der Waals surface area contributed by atoms with E-state index in [1.807, 2.05) is 53.4 Å². The molecule has 10 heteroatoms. The highest BCUT2D eigenvalue weighted by molar-refractivity contribution is 7.99. The molecule has 1 atom stereocenters. The summed E-state index contributed by atoms with van der Waals surface area (Å²) in [6, 6.07) is 15.0. The number of aromatic nitrogens is 4. The van der Waals surface area contributed by atoms with Crippen molar-refractivity contribution in [1.29, 1.82) is 0 Å². The fraction of sp³-hybridized carbons (Fsp3) is 0.280. The second-order valence-corrected chi connectivity index (χ2v) is 9.11. The molecule has 0 aliphatic carbocycles. The van der Waals surface area contributed by atoms with E-state index in [-0.39, 0.29) is 23.3 Å². The van der Waals surface area contributed by atoms with Gasteiger partial charge in [-0.15, -0.1) is 0 Å². The number of rotatable bonds is 7. The fourth-order valence-electron chi connectivity index (χ4n) is 4.43. The molecule has 3 heterocycles. The lowest BCUT2D eigenvalue weighted by atomic mass is 10.0. The molecule has 1 fully saturated rings. The van der Waals surface area contributed by atoms with Crippen LogP contribution in [0.3, 0.4) is 0 Å². The molecule has 1 saturated heterocycles. The molecule has 2 aromatic carbocycles. The molecule has 9 nitrogen and oxygen atoms in total. The maximum absolute atomic E-state index is 13.2. The molecular weight excluding hydrogens is 466 g/mol. The van der Waals surface area contributed by atoms with Crippen LogP contribution in [0.15, 0.2) is 64.7 Å². The summed E-state index contributed by atoms with van der Waals surface area (Å²) in [5.74, 6) is 1.58. The zero-order chi connectivity index (χ0) is 24.4. The molecule has 1 aliphatic heterocycles. The number of ether oxygens (including phenoxy) is 2. The highest BCUT2D eigenvalue weighted by Crippen LogP contribution is 2.39. The molecule has 35 heavy (non-hydrogen) atoms. The van der Waals surface area contributed by atoms with Gasteiger partial charge < -0.3 is 19.4 Å². The summed E-state index contributed by atoms with van der Waals surface area (Å²) < 4.78 is 12.6. The van der Waals surface area contributed by atoms with Crippen LogP contribution in [0.4, 0.5) is 0 Å². The van der Waals surface area contributed by atoms with Gasteiger partial charge in [0.1, 0.15) is 16.9 Å². The highest BCUT2D eigenvalue weighted by Gasteiger charge is 2.32. The van der Waals surface area contributed by atoms with Gasteiger partial charge in [-0.1, -0.05) is 30.0 Å². The molecule has 0 bridgehead atoms. The molecule has 0 spiro atoms. The number of benzene rings is 2. The number of carbonyl (C=O) groups excluding carboxylic acids is 1. The van der Waals surface area contributed by atoms with Crippen molar-refractivity contribution in [3.05, 3.63) is 70.6 Å². The minimum Gasteiger partial charge on any atom is -0.497 e. The van der Waals surface area contributed by atoms with Crippen LogP contribution in [0.2, 0.25) is 0 Å². The summed E-state index contributed by atoms with van der Waals surface area (Å²) in [6.07, 6.45) is 3.25. The van der Waals surface area contributed by atoms with Gasteiger partial charge in [0, 0.05) is 12.1 Å². The molecule has 4 aromatic rings. The molecule has 1 amide bonds. The summed E-state index contributed by atoms with van der Waals surface area (Å²) in [5.41, 5.74) is 1.91. The lowest BCUT2D eigenvalue weighted by Gasteiger charge is -2.26. The van der Waals surface area contributed by atoms with E-state index in [0.29, 0.717) is 22.7 Å². The molecule has 5 rings (SSSR count). The second kappa shape index (κ2) is 9.83. The Kier molecular flexibility index (Phi) is 6.45. The molecule has 1 N–H and O–H groups in total. The number of thioether (sulfide) groups is 1. The van der Waals surface area contributed by atoms with Gasteiger partial charge in [0.05, 0.1) is 37.9 Å². The van der Waals surface area contributed by atoms with Gasteiger partial charge in [0.2, 0.25) is 5.91 Å². The standard InChI is InChI=1S/C25H25N5O4S/c1-33-17-10-11-21(34-2)18(13-17)20-9-6-12-29(20)22(31)15-35-25-27-23-19(24(32)28-25)14-26-30(23)16-7-4-3-5-8-16/h3-5,7-8,10-11,13-14,20H,6,9,12,15H2,1-2H3,(H,27,28,32). The van der Waals surface area contributed by atoms with Gasteiger partial charge >= 0.3 is 0 Å². The van der Waals surface area contributed by atoms with Crippen LogP contribution in [-0.2, 0) is 4.79 Å². The first-order valence-electron chi connectivity index (χ1n) is 11.3. The molecule has 0 radical (unpaired) electrons. The predicted molar refractivity (Wildman–Crippen MR) is 133 cm³/mol. The number of hydrogen-bond acceptors (Lipinski definition) is 7. The van der Waals surface area contributed by atoms with E-state index in [9.17, 15) is 9.59 Å². The minimum atomic E-state index is -0.285. The third-order valence-corrected chi connectivity index (χ3v) is 6.98. The summed E-state index contributed by atoms with van der Waals surface area (Å²) in [4.78, 5) is 35.1. The Morgan fingerprint density at radius 1 is 1.17 bits per heavy atom. The second-order valence-electron chi connectivity index (χ2n) is 8.14. The zero-order valence-corrected chi connectivity index (χ0v) is 20.2. The first-order chi connectivity index (χ1) is 17.1. The summed E-state index contributed by atoms with van der Waals surface area (Å²) in [7, 11) is 3.24. The Morgan fingerprint density at radius 3 is 2.77 bits per heavy atom. The first kappa shape index (κ1) is 23.0. The van der Waals surface area contributed by atoms with Crippen LogP contribution in [0, 0.1) is 0 Å². The quantitative estimate of drug-likeness (QED) is 0.311. The SMILES string of the molecule is COc1ccc(OC)c(C2CCCN2C(=O)CSc2nc3c(cnn3-c3ccccc3)c(=O)[nH]2)c1. The van der Waals surface area contributed by atoms with E-state index in [4.69, 9.17) is 9.47 Å². The van der Waals surface area contributed by atoms with Crippen LogP contribution < -0.4 is 15.0 Å². The number of para-hydroxylation sites is 1. The van der Waals surface area contributed by atoms with Crippen molar-refractivity contribution >= 4 is 28.7 Å². The normalized spacial score (nSPS) is 15.5. The average molecular weight is 492 g/mol. The van der Waals surface area contributed by atoms with Crippen LogP contribution >= 0.6 is 11.8 Å². The lowest BCUT2D eigenvalue weighted by Crippen LogP contribution is -2.32. The predicted octanol–water partition coefficient (Wildman–Crippen LogP) is 3.58. The molecule has 1 aliphatic rings. The number of likely N-dealkylation sites (tertiary alicyclic amines) is 1. The lowest BCUT2D eigenvalue weighted by molar-refractivity contribution is -0.129. The van der Waals surface area contributed by atoms with E-state index in [0.717, 1.165) is 35.6 Å². The number of hydrogen-bond donors (Lipinski definition) is 1. The Balaban J connectivity index is 1.36. The maximum Gasteiger partial charge on any atom is 0.262 e. The van der Waals surface area contributed by atoms with Gasteiger partial charge in [0.15, 0.2) is 10.8 Å². The van der Waals surface area contributed by atoms with E-state index in [1.165, 1.54) is 18.0 Å². The van der Waals surface area contributed by atoms with Crippen molar-refractivity contribution < 1.29 is 14.3 Å². The Hall–Kier alpha value is -3.79. The Bertz CT molecular complexity index is 1420. The highest BCUT2D eigenvalue weighted by atomic mass is 32.2. The van der Waals surface area contributed by atoms with Crippen molar-refractivity contribution in [3.63, 3.8) is 0 Å².